The van der Waals surface area contributed by atoms with Crippen LogP contribution in [0.25, 0.3) is 0 Å². The minimum Gasteiger partial charge on any atom is -0.493 e. The third kappa shape index (κ3) is 4.13. The lowest BCUT2D eigenvalue weighted by molar-refractivity contribution is 0.102. The summed E-state index contributed by atoms with van der Waals surface area (Å²) in [4.78, 5) is 12.5. The van der Waals surface area contributed by atoms with Gasteiger partial charge in [-0.15, -0.1) is 0 Å². The fraction of sp³-hybridized carbons (Fsp3) is 0.0952. The third-order valence-electron chi connectivity index (χ3n) is 3.72. The molecule has 0 bridgehead atoms. The molecule has 1 N–H and O–H groups in total. The van der Waals surface area contributed by atoms with E-state index in [9.17, 15) is 4.79 Å². The van der Waals surface area contributed by atoms with Crippen LogP contribution >= 0.6 is 0 Å². The van der Waals surface area contributed by atoms with Crippen LogP contribution in [-0.2, 0) is 0 Å². The van der Waals surface area contributed by atoms with E-state index in [2.05, 4.69) is 5.32 Å². The first-order valence-electron chi connectivity index (χ1n) is 8.06. The van der Waals surface area contributed by atoms with E-state index in [4.69, 9.17) is 14.2 Å². The van der Waals surface area contributed by atoms with Crippen molar-refractivity contribution in [3.05, 3.63) is 78.4 Å². The maximum atomic E-state index is 12.5. The summed E-state index contributed by atoms with van der Waals surface area (Å²) in [5, 5.41) is 2.86. The summed E-state index contributed by atoms with van der Waals surface area (Å²) in [6.45, 7) is 0. The van der Waals surface area contributed by atoms with Gasteiger partial charge in [0.05, 0.1) is 14.2 Å². The number of carbonyl (C=O) groups is 1. The molecule has 0 saturated carbocycles. The van der Waals surface area contributed by atoms with Gasteiger partial charge in [0.2, 0.25) is 0 Å². The summed E-state index contributed by atoms with van der Waals surface area (Å²) in [6.07, 6.45) is 0. The summed E-state index contributed by atoms with van der Waals surface area (Å²) in [6, 6.07) is 21.7. The van der Waals surface area contributed by atoms with E-state index in [0.29, 0.717) is 28.5 Å². The zero-order chi connectivity index (χ0) is 18.4. The Hall–Kier alpha value is -3.47. The molecule has 1 amide bonds. The van der Waals surface area contributed by atoms with Crippen LogP contribution in [0.15, 0.2) is 72.8 Å². The first-order chi connectivity index (χ1) is 12.7. The number of para-hydroxylation sites is 1. The molecule has 0 unspecified atom stereocenters. The quantitative estimate of drug-likeness (QED) is 0.698. The van der Waals surface area contributed by atoms with Crippen molar-refractivity contribution in [1.29, 1.82) is 0 Å². The Kier molecular flexibility index (Phi) is 5.39. The van der Waals surface area contributed by atoms with E-state index in [1.807, 2.05) is 42.5 Å². The molecule has 0 radical (unpaired) electrons. The molecule has 132 valence electrons. The summed E-state index contributed by atoms with van der Waals surface area (Å²) >= 11 is 0. The average Bonchev–Trinajstić information content (AvgIpc) is 2.68. The van der Waals surface area contributed by atoms with Crippen molar-refractivity contribution in [2.75, 3.05) is 19.5 Å². The number of nitrogens with one attached hydrogen (secondary N) is 1. The highest BCUT2D eigenvalue weighted by atomic mass is 16.5. The van der Waals surface area contributed by atoms with E-state index >= 15 is 0 Å². The van der Waals surface area contributed by atoms with Gasteiger partial charge < -0.3 is 19.5 Å². The highest BCUT2D eigenvalue weighted by molar-refractivity contribution is 6.04. The van der Waals surface area contributed by atoms with Gasteiger partial charge in [-0.05, 0) is 42.5 Å². The van der Waals surface area contributed by atoms with E-state index in [0.717, 1.165) is 5.75 Å². The number of methoxy groups -OCH3 is 2. The second-order valence-electron chi connectivity index (χ2n) is 5.47. The van der Waals surface area contributed by atoms with Crippen LogP contribution in [0.5, 0.6) is 23.0 Å². The highest BCUT2D eigenvalue weighted by Crippen LogP contribution is 2.28. The van der Waals surface area contributed by atoms with E-state index < -0.39 is 0 Å². The van der Waals surface area contributed by atoms with Crippen LogP contribution in [0.4, 0.5) is 5.69 Å². The molecule has 3 aromatic rings. The number of anilines is 1. The van der Waals surface area contributed by atoms with Crippen LogP contribution in [0.3, 0.4) is 0 Å². The Morgan fingerprint density at radius 3 is 2.23 bits per heavy atom. The summed E-state index contributed by atoms with van der Waals surface area (Å²) in [7, 11) is 3.08. The number of hydrogen-bond acceptors (Lipinski definition) is 4. The maximum absolute atomic E-state index is 12.5. The predicted molar refractivity (Wildman–Crippen MR) is 100 cm³/mol. The van der Waals surface area contributed by atoms with Gasteiger partial charge in [-0.2, -0.15) is 0 Å². The Labute approximate surface area is 152 Å². The van der Waals surface area contributed by atoms with Crippen LogP contribution in [0.2, 0.25) is 0 Å². The molecule has 0 spiro atoms. The molecule has 3 aromatic carbocycles. The number of rotatable bonds is 6. The molecule has 5 nitrogen and oxygen atoms in total. The fourth-order valence-corrected chi connectivity index (χ4v) is 2.44. The average molecular weight is 349 g/mol. The van der Waals surface area contributed by atoms with Crippen LogP contribution in [0, 0.1) is 0 Å². The standard InChI is InChI=1S/C21H19NO4/c1-24-19-12-11-15(13-20(19)25-2)21(23)22-16-7-6-10-18(14-16)26-17-8-4-3-5-9-17/h3-14H,1-2H3,(H,22,23). The highest BCUT2D eigenvalue weighted by Gasteiger charge is 2.11. The van der Waals surface area contributed by atoms with Gasteiger partial charge in [0.15, 0.2) is 11.5 Å². The van der Waals surface area contributed by atoms with E-state index in [-0.39, 0.29) is 5.91 Å². The summed E-state index contributed by atoms with van der Waals surface area (Å²) < 4.78 is 16.2. The molecule has 0 aliphatic rings. The maximum Gasteiger partial charge on any atom is 0.255 e. The molecular formula is C21H19NO4. The monoisotopic (exact) mass is 349 g/mol. The first kappa shape index (κ1) is 17.4. The zero-order valence-electron chi connectivity index (χ0n) is 14.6. The smallest absolute Gasteiger partial charge is 0.255 e. The summed E-state index contributed by atoms with van der Waals surface area (Å²) in [5.41, 5.74) is 1.11. The lowest BCUT2D eigenvalue weighted by atomic mass is 10.2. The lowest BCUT2D eigenvalue weighted by Crippen LogP contribution is -2.12. The Morgan fingerprint density at radius 1 is 0.769 bits per heavy atom. The minimum atomic E-state index is -0.247. The molecule has 0 aliphatic heterocycles. The molecular weight excluding hydrogens is 330 g/mol. The SMILES string of the molecule is COc1ccc(C(=O)Nc2cccc(Oc3ccccc3)c2)cc1OC. The largest absolute Gasteiger partial charge is 0.493 e. The molecule has 26 heavy (non-hydrogen) atoms. The second-order valence-corrected chi connectivity index (χ2v) is 5.47. The molecule has 0 fully saturated rings. The number of carbonyl (C=O) groups excluding carboxylic acids is 1. The molecule has 5 heteroatoms. The molecule has 0 aliphatic carbocycles. The van der Waals surface area contributed by atoms with Crippen molar-refractivity contribution >= 4 is 11.6 Å². The molecule has 0 saturated heterocycles. The minimum absolute atomic E-state index is 0.247. The first-order valence-corrected chi connectivity index (χ1v) is 8.06. The van der Waals surface area contributed by atoms with Gasteiger partial charge in [-0.25, -0.2) is 0 Å². The second kappa shape index (κ2) is 8.07. The van der Waals surface area contributed by atoms with Crippen molar-refractivity contribution in [3.8, 4) is 23.0 Å². The van der Waals surface area contributed by atoms with Crippen LogP contribution in [0.1, 0.15) is 10.4 Å². The van der Waals surface area contributed by atoms with Crippen LogP contribution in [-0.4, -0.2) is 20.1 Å². The van der Waals surface area contributed by atoms with Gasteiger partial charge >= 0.3 is 0 Å². The van der Waals surface area contributed by atoms with E-state index in [1.165, 1.54) is 7.11 Å². The number of hydrogen-bond donors (Lipinski definition) is 1. The van der Waals surface area contributed by atoms with Gasteiger partial charge in [0, 0.05) is 17.3 Å². The molecule has 0 heterocycles. The predicted octanol–water partition coefficient (Wildman–Crippen LogP) is 4.75. The van der Waals surface area contributed by atoms with Crippen molar-refractivity contribution in [2.24, 2.45) is 0 Å². The summed E-state index contributed by atoms with van der Waals surface area (Å²) in [5.74, 6) is 2.20. The fourth-order valence-electron chi connectivity index (χ4n) is 2.44. The Balaban J connectivity index is 1.74. The van der Waals surface area contributed by atoms with Gasteiger partial charge in [-0.3, -0.25) is 4.79 Å². The topological polar surface area (TPSA) is 56.8 Å². The Morgan fingerprint density at radius 2 is 1.50 bits per heavy atom. The lowest BCUT2D eigenvalue weighted by Gasteiger charge is -2.11. The molecule has 0 atom stereocenters. The number of benzene rings is 3. The van der Waals surface area contributed by atoms with E-state index in [1.54, 1.807) is 37.4 Å². The number of amides is 1. The third-order valence-corrected chi connectivity index (χ3v) is 3.72. The van der Waals surface area contributed by atoms with Gasteiger partial charge in [0.25, 0.3) is 5.91 Å². The normalized spacial score (nSPS) is 10.1. The molecule has 0 aromatic heterocycles. The molecule has 3 rings (SSSR count). The van der Waals surface area contributed by atoms with Crippen molar-refractivity contribution in [3.63, 3.8) is 0 Å². The van der Waals surface area contributed by atoms with Gasteiger partial charge in [0.1, 0.15) is 11.5 Å². The van der Waals surface area contributed by atoms with Crippen molar-refractivity contribution in [1.82, 2.24) is 0 Å². The van der Waals surface area contributed by atoms with Crippen molar-refractivity contribution < 1.29 is 19.0 Å². The van der Waals surface area contributed by atoms with Crippen LogP contribution < -0.4 is 19.5 Å². The van der Waals surface area contributed by atoms with Gasteiger partial charge in [-0.1, -0.05) is 24.3 Å². The Bertz CT molecular complexity index is 894. The van der Waals surface area contributed by atoms with Crippen molar-refractivity contribution in [2.45, 2.75) is 0 Å². The number of ether oxygens (including phenoxy) is 3. The zero-order valence-corrected chi connectivity index (χ0v) is 14.6.